The Bertz CT molecular complexity index is 768. The van der Waals surface area contributed by atoms with E-state index in [-0.39, 0.29) is 12.5 Å². The SMILES string of the molecule is CCCNC(=O)CNC(=O)COC(=O)c1sccc1-c1ccc(C)cc1. The lowest BCUT2D eigenvalue weighted by Crippen LogP contribution is -2.38. The number of ether oxygens (including phenoxy) is 1. The summed E-state index contributed by atoms with van der Waals surface area (Å²) in [4.78, 5) is 35.9. The molecule has 6 nitrogen and oxygen atoms in total. The summed E-state index contributed by atoms with van der Waals surface area (Å²) >= 11 is 1.27. The standard InChI is InChI=1S/C19H22N2O4S/c1-3-9-20-16(22)11-21-17(23)12-25-19(24)18-15(8-10-26-18)14-6-4-13(2)5-7-14/h4-8,10H,3,9,11-12H2,1-2H3,(H,20,22)(H,21,23). The van der Waals surface area contributed by atoms with Crippen molar-refractivity contribution in [2.75, 3.05) is 19.7 Å². The van der Waals surface area contributed by atoms with Crippen LogP contribution < -0.4 is 10.6 Å². The second-order valence-electron chi connectivity index (χ2n) is 5.73. The molecule has 0 aliphatic carbocycles. The van der Waals surface area contributed by atoms with Gasteiger partial charge in [0.2, 0.25) is 5.91 Å². The number of hydrogen-bond donors (Lipinski definition) is 2. The molecule has 26 heavy (non-hydrogen) atoms. The van der Waals surface area contributed by atoms with Gasteiger partial charge in [-0.05, 0) is 30.4 Å². The molecule has 2 N–H and O–H groups in total. The summed E-state index contributed by atoms with van der Waals surface area (Å²) in [6.45, 7) is 3.93. The third kappa shape index (κ3) is 5.70. The summed E-state index contributed by atoms with van der Waals surface area (Å²) in [6.07, 6.45) is 0.821. The van der Waals surface area contributed by atoms with Gasteiger partial charge in [-0.3, -0.25) is 9.59 Å². The summed E-state index contributed by atoms with van der Waals surface area (Å²) in [5.74, 6) is -1.34. The number of esters is 1. The van der Waals surface area contributed by atoms with Crippen LogP contribution in [0.5, 0.6) is 0 Å². The van der Waals surface area contributed by atoms with Gasteiger partial charge in [0.15, 0.2) is 6.61 Å². The Hall–Kier alpha value is -2.67. The summed E-state index contributed by atoms with van der Waals surface area (Å²) in [6, 6.07) is 9.67. The molecule has 0 fully saturated rings. The summed E-state index contributed by atoms with van der Waals surface area (Å²) in [7, 11) is 0. The van der Waals surface area contributed by atoms with E-state index in [9.17, 15) is 14.4 Å². The van der Waals surface area contributed by atoms with E-state index in [1.54, 1.807) is 0 Å². The van der Waals surface area contributed by atoms with Crippen LogP contribution in [0, 0.1) is 6.92 Å². The molecule has 0 unspecified atom stereocenters. The van der Waals surface area contributed by atoms with Gasteiger partial charge < -0.3 is 15.4 Å². The largest absolute Gasteiger partial charge is 0.451 e. The number of carbonyl (C=O) groups excluding carboxylic acids is 3. The number of hydrogen-bond acceptors (Lipinski definition) is 5. The molecule has 0 spiro atoms. The molecule has 0 aliphatic heterocycles. The Balaban J connectivity index is 1.87. The molecule has 0 saturated carbocycles. The van der Waals surface area contributed by atoms with Gasteiger partial charge >= 0.3 is 5.97 Å². The molecule has 2 amide bonds. The van der Waals surface area contributed by atoms with Crippen LogP contribution in [-0.2, 0) is 14.3 Å². The number of aryl methyl sites for hydroxylation is 1. The molecule has 0 bridgehead atoms. The fourth-order valence-corrected chi connectivity index (χ4v) is 2.99. The predicted molar refractivity (Wildman–Crippen MR) is 101 cm³/mol. The van der Waals surface area contributed by atoms with Crippen LogP contribution in [-0.4, -0.2) is 37.5 Å². The minimum absolute atomic E-state index is 0.135. The molecular formula is C19H22N2O4S. The van der Waals surface area contributed by atoms with Gasteiger partial charge in [0.1, 0.15) is 4.88 Å². The van der Waals surface area contributed by atoms with Crippen LogP contribution in [0.25, 0.3) is 11.1 Å². The molecule has 1 heterocycles. The Morgan fingerprint density at radius 2 is 1.77 bits per heavy atom. The average molecular weight is 374 g/mol. The monoisotopic (exact) mass is 374 g/mol. The van der Waals surface area contributed by atoms with Crippen LogP contribution in [0.3, 0.4) is 0 Å². The van der Waals surface area contributed by atoms with E-state index >= 15 is 0 Å². The van der Waals surface area contributed by atoms with Crippen LogP contribution >= 0.6 is 11.3 Å². The van der Waals surface area contributed by atoms with Gasteiger partial charge in [-0.1, -0.05) is 36.8 Å². The quantitative estimate of drug-likeness (QED) is 0.696. The lowest BCUT2D eigenvalue weighted by atomic mass is 10.1. The highest BCUT2D eigenvalue weighted by molar-refractivity contribution is 7.12. The van der Waals surface area contributed by atoms with Crippen molar-refractivity contribution in [1.29, 1.82) is 0 Å². The molecule has 0 saturated heterocycles. The number of amides is 2. The number of benzene rings is 1. The van der Waals surface area contributed by atoms with Gasteiger partial charge in [-0.15, -0.1) is 11.3 Å². The van der Waals surface area contributed by atoms with Gasteiger partial charge in [0.05, 0.1) is 6.54 Å². The molecule has 1 aromatic carbocycles. The van der Waals surface area contributed by atoms with E-state index in [0.29, 0.717) is 11.4 Å². The van der Waals surface area contributed by atoms with Gasteiger partial charge in [0, 0.05) is 12.1 Å². The van der Waals surface area contributed by atoms with E-state index in [4.69, 9.17) is 4.74 Å². The third-order valence-corrected chi connectivity index (χ3v) is 4.46. The van der Waals surface area contributed by atoms with Crippen molar-refractivity contribution in [3.63, 3.8) is 0 Å². The molecule has 0 radical (unpaired) electrons. The highest BCUT2D eigenvalue weighted by Gasteiger charge is 2.17. The van der Waals surface area contributed by atoms with Crippen molar-refractivity contribution in [2.45, 2.75) is 20.3 Å². The molecule has 0 atom stereocenters. The van der Waals surface area contributed by atoms with Crippen molar-refractivity contribution in [3.8, 4) is 11.1 Å². The number of nitrogens with one attached hydrogen (secondary N) is 2. The van der Waals surface area contributed by atoms with Crippen molar-refractivity contribution in [1.82, 2.24) is 10.6 Å². The normalized spacial score (nSPS) is 10.2. The third-order valence-electron chi connectivity index (χ3n) is 3.57. The first-order chi connectivity index (χ1) is 12.5. The lowest BCUT2D eigenvalue weighted by molar-refractivity contribution is -0.127. The number of carbonyl (C=O) groups is 3. The van der Waals surface area contributed by atoms with E-state index < -0.39 is 18.5 Å². The van der Waals surface area contributed by atoms with Crippen molar-refractivity contribution in [3.05, 3.63) is 46.2 Å². The zero-order valence-electron chi connectivity index (χ0n) is 14.8. The van der Waals surface area contributed by atoms with Crippen molar-refractivity contribution < 1.29 is 19.1 Å². The van der Waals surface area contributed by atoms with E-state index in [2.05, 4.69) is 10.6 Å². The first kappa shape index (κ1) is 19.7. The van der Waals surface area contributed by atoms with Crippen LogP contribution in [0.4, 0.5) is 0 Å². The van der Waals surface area contributed by atoms with Crippen LogP contribution in [0.15, 0.2) is 35.7 Å². The second kappa shape index (κ2) is 9.72. The second-order valence-corrected chi connectivity index (χ2v) is 6.65. The molecule has 2 aromatic rings. The summed E-state index contributed by atoms with van der Waals surface area (Å²) in [5, 5.41) is 6.87. The first-order valence-corrected chi connectivity index (χ1v) is 9.24. The average Bonchev–Trinajstić information content (AvgIpc) is 3.13. The van der Waals surface area contributed by atoms with E-state index in [0.717, 1.165) is 23.1 Å². The molecule has 1 aromatic heterocycles. The zero-order valence-corrected chi connectivity index (χ0v) is 15.7. The lowest BCUT2D eigenvalue weighted by Gasteiger charge is -2.08. The Labute approximate surface area is 156 Å². The van der Waals surface area contributed by atoms with Crippen LogP contribution in [0.2, 0.25) is 0 Å². The Kier molecular flexibility index (Phi) is 7.35. The molecular weight excluding hydrogens is 352 g/mol. The Morgan fingerprint density at radius 3 is 2.46 bits per heavy atom. The minimum atomic E-state index is -0.554. The fourth-order valence-electron chi connectivity index (χ4n) is 2.18. The minimum Gasteiger partial charge on any atom is -0.451 e. The highest BCUT2D eigenvalue weighted by atomic mass is 32.1. The van der Waals surface area contributed by atoms with Gasteiger partial charge in [0.25, 0.3) is 5.91 Å². The summed E-state index contributed by atoms with van der Waals surface area (Å²) in [5.41, 5.74) is 2.83. The topological polar surface area (TPSA) is 84.5 Å². The first-order valence-electron chi connectivity index (χ1n) is 8.36. The van der Waals surface area contributed by atoms with Gasteiger partial charge in [-0.2, -0.15) is 0 Å². The number of thiophene rings is 1. The van der Waals surface area contributed by atoms with E-state index in [1.807, 2.05) is 49.6 Å². The summed E-state index contributed by atoms with van der Waals surface area (Å²) < 4.78 is 5.08. The zero-order chi connectivity index (χ0) is 18.9. The van der Waals surface area contributed by atoms with Crippen LogP contribution in [0.1, 0.15) is 28.6 Å². The van der Waals surface area contributed by atoms with Crippen molar-refractivity contribution in [2.24, 2.45) is 0 Å². The maximum Gasteiger partial charge on any atom is 0.349 e. The van der Waals surface area contributed by atoms with Crippen molar-refractivity contribution >= 4 is 29.1 Å². The number of rotatable bonds is 8. The smallest absolute Gasteiger partial charge is 0.349 e. The molecule has 138 valence electrons. The fraction of sp³-hybridized carbons (Fsp3) is 0.316. The molecule has 2 rings (SSSR count). The maximum absolute atomic E-state index is 12.3. The molecule has 7 heteroatoms. The van der Waals surface area contributed by atoms with Gasteiger partial charge in [-0.25, -0.2) is 4.79 Å². The Morgan fingerprint density at radius 1 is 1.04 bits per heavy atom. The van der Waals surface area contributed by atoms with E-state index in [1.165, 1.54) is 11.3 Å². The molecule has 0 aliphatic rings. The maximum atomic E-state index is 12.3. The highest BCUT2D eigenvalue weighted by Crippen LogP contribution is 2.29. The predicted octanol–water partition coefficient (Wildman–Crippen LogP) is 2.52.